The molecule has 0 spiro atoms. The fourth-order valence-electron chi connectivity index (χ4n) is 3.06. The van der Waals surface area contributed by atoms with Gasteiger partial charge in [-0.25, -0.2) is 18.8 Å². The summed E-state index contributed by atoms with van der Waals surface area (Å²) >= 11 is 12.2. The minimum Gasteiger partial charge on any atom is -0.350 e. The third-order valence-electron chi connectivity index (χ3n) is 4.83. The van der Waals surface area contributed by atoms with Gasteiger partial charge >= 0.3 is 0 Å². The van der Waals surface area contributed by atoms with Crippen LogP contribution in [0, 0.1) is 0 Å². The molecule has 1 fully saturated rings. The minimum atomic E-state index is -2.66. The van der Waals surface area contributed by atoms with Crippen LogP contribution in [0.25, 0.3) is 0 Å². The summed E-state index contributed by atoms with van der Waals surface area (Å²) in [6, 6.07) is 4.51. The van der Waals surface area contributed by atoms with Crippen LogP contribution in [0.4, 0.5) is 8.78 Å². The van der Waals surface area contributed by atoms with Gasteiger partial charge in [0, 0.05) is 44.7 Å². The normalized spacial score (nSPS) is 19.0. The molecule has 0 radical (unpaired) electrons. The molecule has 1 aromatic carbocycles. The molecule has 1 aromatic rings. The van der Waals surface area contributed by atoms with Crippen molar-refractivity contribution >= 4 is 41.7 Å². The number of halogens is 4. The van der Waals surface area contributed by atoms with Crippen molar-refractivity contribution in [1.29, 1.82) is 0 Å². The second-order valence-corrected chi connectivity index (χ2v) is 7.74. The number of rotatable bonds is 6. The molecule has 1 saturated heterocycles. The van der Waals surface area contributed by atoms with E-state index in [-0.39, 0.29) is 54.1 Å². The molecule has 1 atom stereocenters. The van der Waals surface area contributed by atoms with Crippen molar-refractivity contribution in [3.63, 3.8) is 0 Å². The van der Waals surface area contributed by atoms with Crippen LogP contribution < -0.4 is 5.32 Å². The molecule has 0 aromatic heterocycles. The fraction of sp³-hybridized carbons (Fsp3) is 0.450. The molecule has 1 unspecified atom stereocenters. The number of nitrogens with zero attached hydrogens (tertiary/aromatic N) is 3. The molecule has 1 N–H and O–H groups in total. The Balaban J connectivity index is 2.19. The monoisotopic (exact) mass is 444 g/mol. The van der Waals surface area contributed by atoms with Crippen LogP contribution in [0.5, 0.6) is 0 Å². The first-order chi connectivity index (χ1) is 13.6. The maximum absolute atomic E-state index is 13.6. The Hall–Kier alpha value is -1.83. The molecular formula is C20H24Cl2F2N4O. The van der Waals surface area contributed by atoms with Gasteiger partial charge in [-0.05, 0) is 38.3 Å². The van der Waals surface area contributed by atoms with E-state index in [2.05, 4.69) is 22.0 Å². The van der Waals surface area contributed by atoms with Crippen LogP contribution in [0.3, 0.4) is 0 Å². The lowest BCUT2D eigenvalue weighted by atomic mass is 10.0. The predicted octanol–water partition coefficient (Wildman–Crippen LogP) is 4.85. The average Bonchev–Trinajstić information content (AvgIpc) is 2.67. The molecule has 1 aliphatic rings. The summed E-state index contributed by atoms with van der Waals surface area (Å²) in [6.45, 7) is 7.59. The molecule has 1 aliphatic heterocycles. The highest BCUT2D eigenvalue weighted by atomic mass is 35.5. The average molecular weight is 445 g/mol. The Morgan fingerprint density at radius 3 is 2.45 bits per heavy atom. The zero-order valence-corrected chi connectivity index (χ0v) is 17.9. The first kappa shape index (κ1) is 23.4. The predicted molar refractivity (Wildman–Crippen MR) is 115 cm³/mol. The van der Waals surface area contributed by atoms with Crippen LogP contribution in [0.2, 0.25) is 10.0 Å². The largest absolute Gasteiger partial charge is 0.350 e. The van der Waals surface area contributed by atoms with Crippen molar-refractivity contribution in [1.82, 2.24) is 10.2 Å². The van der Waals surface area contributed by atoms with Gasteiger partial charge < -0.3 is 5.32 Å². The van der Waals surface area contributed by atoms with Crippen molar-refractivity contribution in [3.8, 4) is 0 Å². The van der Waals surface area contributed by atoms with Crippen molar-refractivity contribution in [2.24, 2.45) is 9.98 Å². The van der Waals surface area contributed by atoms with E-state index >= 15 is 0 Å². The number of carbonyl (C=O) groups excluding carboxylic acids is 1. The lowest BCUT2D eigenvalue weighted by molar-refractivity contribution is -0.0602. The summed E-state index contributed by atoms with van der Waals surface area (Å²) in [6.07, 6.45) is 1.17. The first-order valence-corrected chi connectivity index (χ1v) is 9.92. The first-order valence-electron chi connectivity index (χ1n) is 9.16. The Morgan fingerprint density at radius 1 is 1.31 bits per heavy atom. The second-order valence-electron chi connectivity index (χ2n) is 6.92. The van der Waals surface area contributed by atoms with Crippen LogP contribution in [0.15, 0.2) is 40.0 Å². The molecule has 29 heavy (non-hydrogen) atoms. The number of likely N-dealkylation sites (tertiary alicyclic amines) is 1. The fourth-order valence-corrected chi connectivity index (χ4v) is 3.62. The van der Waals surface area contributed by atoms with Crippen LogP contribution in [-0.2, 0) is 0 Å². The van der Waals surface area contributed by atoms with Crippen molar-refractivity contribution in [3.05, 3.63) is 45.6 Å². The topological polar surface area (TPSA) is 57.1 Å². The van der Waals surface area contributed by atoms with E-state index in [1.54, 1.807) is 31.3 Å². The Bertz CT molecular complexity index is 796. The molecule has 0 bridgehead atoms. The molecule has 9 heteroatoms. The van der Waals surface area contributed by atoms with Gasteiger partial charge in [0.2, 0.25) is 0 Å². The number of carbonyl (C=O) groups is 1. The van der Waals surface area contributed by atoms with E-state index < -0.39 is 11.8 Å². The van der Waals surface area contributed by atoms with E-state index in [0.717, 1.165) is 5.57 Å². The molecular weight excluding hydrogens is 421 g/mol. The van der Waals surface area contributed by atoms with Gasteiger partial charge in [0.25, 0.3) is 11.8 Å². The number of hydrogen-bond acceptors (Lipinski definition) is 3. The van der Waals surface area contributed by atoms with Crippen LogP contribution in [0.1, 0.15) is 37.0 Å². The Labute approximate surface area is 179 Å². The van der Waals surface area contributed by atoms with Gasteiger partial charge in [0.1, 0.15) is 5.84 Å². The van der Waals surface area contributed by atoms with Crippen molar-refractivity contribution < 1.29 is 13.6 Å². The molecule has 0 saturated carbocycles. The van der Waals surface area contributed by atoms with Crippen molar-refractivity contribution in [2.45, 2.75) is 38.7 Å². The van der Waals surface area contributed by atoms with Gasteiger partial charge in [0.05, 0.1) is 15.6 Å². The Morgan fingerprint density at radius 2 is 1.90 bits per heavy atom. The maximum Gasteiger partial charge on any atom is 0.254 e. The zero-order chi connectivity index (χ0) is 21.6. The number of nitrogens with one attached hydrogen (secondary N) is 1. The molecule has 1 amide bonds. The number of benzene rings is 1. The minimum absolute atomic E-state index is 0.186. The quantitative estimate of drug-likeness (QED) is 0.503. The van der Waals surface area contributed by atoms with E-state index in [9.17, 15) is 13.6 Å². The summed E-state index contributed by atoms with van der Waals surface area (Å²) in [7, 11) is 0. The van der Waals surface area contributed by atoms with E-state index in [1.165, 1.54) is 0 Å². The van der Waals surface area contributed by atoms with E-state index in [0.29, 0.717) is 5.84 Å². The highest BCUT2D eigenvalue weighted by molar-refractivity contribution is 6.39. The number of amidine groups is 1. The summed E-state index contributed by atoms with van der Waals surface area (Å²) in [5.74, 6) is -2.59. The SMILES string of the molecule is C=N/C(C)=N\C=C(/C)C(CNC(=O)c1c(Cl)cccc1Cl)N1CCC(F)(F)CC1. The Kier molecular flexibility index (Phi) is 8.31. The van der Waals surface area contributed by atoms with Gasteiger partial charge in [-0.3, -0.25) is 9.69 Å². The number of aliphatic imine (C=N–C) groups is 2. The highest BCUT2D eigenvalue weighted by Crippen LogP contribution is 2.30. The van der Waals surface area contributed by atoms with Crippen molar-refractivity contribution in [2.75, 3.05) is 19.6 Å². The summed E-state index contributed by atoms with van der Waals surface area (Å²) < 4.78 is 27.2. The van der Waals surface area contributed by atoms with Crippen LogP contribution in [-0.4, -0.2) is 55.0 Å². The molecule has 5 nitrogen and oxygen atoms in total. The molecule has 0 aliphatic carbocycles. The number of amides is 1. The van der Waals surface area contributed by atoms with Crippen LogP contribution >= 0.6 is 23.2 Å². The zero-order valence-electron chi connectivity index (χ0n) is 16.4. The highest BCUT2D eigenvalue weighted by Gasteiger charge is 2.36. The summed E-state index contributed by atoms with van der Waals surface area (Å²) in [5, 5.41) is 3.31. The molecule has 2 rings (SSSR count). The summed E-state index contributed by atoms with van der Waals surface area (Å²) in [5.41, 5.74) is 0.995. The number of piperidine rings is 1. The molecule has 158 valence electrons. The smallest absolute Gasteiger partial charge is 0.254 e. The molecule has 1 heterocycles. The van der Waals surface area contributed by atoms with E-state index in [1.807, 2.05) is 11.8 Å². The summed E-state index contributed by atoms with van der Waals surface area (Å²) in [4.78, 5) is 22.5. The standard InChI is InChI=1S/C20H24Cl2F2N4O/c1-13(11-26-14(2)25-3)17(28-9-7-20(23,24)8-10-28)12-27-19(29)18-15(21)5-4-6-16(18)22/h4-6,11,17H,3,7-10,12H2,1-2H3,(H,27,29)/b13-11+,26-14-. The lowest BCUT2D eigenvalue weighted by Gasteiger charge is -2.38. The maximum atomic E-state index is 13.6. The van der Waals surface area contributed by atoms with Gasteiger partial charge in [-0.1, -0.05) is 29.3 Å². The van der Waals surface area contributed by atoms with Gasteiger partial charge in [0.15, 0.2) is 0 Å². The lowest BCUT2D eigenvalue weighted by Crippen LogP contribution is -2.50. The van der Waals surface area contributed by atoms with Gasteiger partial charge in [-0.2, -0.15) is 0 Å². The van der Waals surface area contributed by atoms with Gasteiger partial charge in [-0.15, -0.1) is 0 Å². The third-order valence-corrected chi connectivity index (χ3v) is 5.46. The van der Waals surface area contributed by atoms with E-state index in [4.69, 9.17) is 23.2 Å². The second kappa shape index (κ2) is 10.3. The third kappa shape index (κ3) is 6.59. The number of hydrogen-bond donors (Lipinski definition) is 1. The number of alkyl halides is 2.